The van der Waals surface area contributed by atoms with Crippen LogP contribution in [0.25, 0.3) is 0 Å². The highest BCUT2D eigenvalue weighted by Crippen LogP contribution is 2.26. The van der Waals surface area contributed by atoms with Crippen LogP contribution in [0.5, 0.6) is 0 Å². The van der Waals surface area contributed by atoms with Crippen molar-refractivity contribution in [1.29, 1.82) is 0 Å². The lowest BCUT2D eigenvalue weighted by Crippen LogP contribution is -2.27. The highest BCUT2D eigenvalue weighted by Gasteiger charge is 2.25. The fraction of sp³-hybridized carbons (Fsp3) is 0.278. The van der Waals surface area contributed by atoms with Gasteiger partial charge in [-0.1, -0.05) is 12.1 Å². The minimum absolute atomic E-state index is 0.0407. The highest BCUT2D eigenvalue weighted by molar-refractivity contribution is 6.05. The average molecular weight is 294 g/mol. The second-order valence-corrected chi connectivity index (χ2v) is 5.72. The number of carbonyl (C=O) groups is 2. The molecule has 22 heavy (non-hydrogen) atoms. The summed E-state index contributed by atoms with van der Waals surface area (Å²) in [5, 5.41) is 0. The first-order chi connectivity index (χ1) is 10.6. The maximum atomic E-state index is 12.7. The van der Waals surface area contributed by atoms with E-state index in [1.165, 1.54) is 0 Å². The lowest BCUT2D eigenvalue weighted by Gasteiger charge is -2.19. The molecule has 3 rings (SSSR count). The number of carbonyl (C=O) groups excluding carboxylic acids is 2. The number of Topliss-reactive ketones (excluding diaryl/α,β-unsaturated/α-hetero) is 1. The van der Waals surface area contributed by atoms with Crippen LogP contribution in [0.3, 0.4) is 0 Å². The molecule has 1 heterocycles. The van der Waals surface area contributed by atoms with Gasteiger partial charge in [-0.15, -0.1) is 0 Å². The number of aryl methyl sites for hydroxylation is 1. The van der Waals surface area contributed by atoms with E-state index in [1.54, 1.807) is 24.2 Å². The van der Waals surface area contributed by atoms with E-state index in [9.17, 15) is 9.59 Å². The van der Waals surface area contributed by atoms with Crippen LogP contribution >= 0.6 is 0 Å². The predicted octanol–water partition coefficient (Wildman–Crippen LogP) is 2.79. The second kappa shape index (κ2) is 5.72. The Morgan fingerprint density at radius 1 is 1.27 bits per heavy atom. The molecule has 1 aromatic carbocycles. The average Bonchev–Trinajstić information content (AvgIpc) is 2.88. The van der Waals surface area contributed by atoms with Gasteiger partial charge >= 0.3 is 0 Å². The summed E-state index contributed by atoms with van der Waals surface area (Å²) in [5.74, 6) is 0.0954. The Kier molecular flexibility index (Phi) is 3.75. The standard InChI is InChI=1S/C18H18N2O2/c1-12-10-13(8-9-19-12)11-20(2)18(22)16-5-3-4-15-14(16)6-7-17(15)21/h3-5,8-10H,6-7,11H2,1-2H3. The van der Waals surface area contributed by atoms with Gasteiger partial charge in [0, 0.05) is 43.0 Å². The molecule has 1 aliphatic rings. The SMILES string of the molecule is Cc1cc(CN(C)C(=O)c2cccc3c2CCC3=O)ccn1. The fourth-order valence-electron chi connectivity index (χ4n) is 2.94. The number of nitrogens with zero attached hydrogens (tertiary/aromatic N) is 2. The first-order valence-corrected chi connectivity index (χ1v) is 7.38. The molecule has 0 fully saturated rings. The third-order valence-corrected chi connectivity index (χ3v) is 4.04. The molecule has 0 saturated heterocycles. The van der Waals surface area contributed by atoms with Crippen molar-refractivity contribution in [3.05, 3.63) is 64.5 Å². The molecular formula is C18H18N2O2. The number of pyridine rings is 1. The van der Waals surface area contributed by atoms with Gasteiger partial charge in [0.2, 0.25) is 0 Å². The lowest BCUT2D eigenvalue weighted by molar-refractivity contribution is 0.0784. The van der Waals surface area contributed by atoms with Gasteiger partial charge in [-0.2, -0.15) is 0 Å². The number of ketones is 1. The molecule has 0 spiro atoms. The number of hydrogen-bond acceptors (Lipinski definition) is 3. The van der Waals surface area contributed by atoms with Gasteiger partial charge in [0.1, 0.15) is 0 Å². The minimum Gasteiger partial charge on any atom is -0.337 e. The zero-order chi connectivity index (χ0) is 15.7. The molecule has 1 aromatic heterocycles. The largest absolute Gasteiger partial charge is 0.337 e. The number of fused-ring (bicyclic) bond motifs is 1. The molecule has 2 aromatic rings. The molecule has 1 aliphatic carbocycles. The molecular weight excluding hydrogens is 276 g/mol. The molecule has 4 nitrogen and oxygen atoms in total. The molecule has 0 radical (unpaired) electrons. The summed E-state index contributed by atoms with van der Waals surface area (Å²) < 4.78 is 0. The molecule has 112 valence electrons. The molecule has 0 bridgehead atoms. The monoisotopic (exact) mass is 294 g/mol. The van der Waals surface area contributed by atoms with Gasteiger partial charge in [-0.25, -0.2) is 0 Å². The van der Waals surface area contributed by atoms with E-state index in [0.717, 1.165) is 16.8 Å². The first-order valence-electron chi connectivity index (χ1n) is 7.38. The van der Waals surface area contributed by atoms with E-state index in [2.05, 4.69) is 4.98 Å². The topological polar surface area (TPSA) is 50.3 Å². The van der Waals surface area contributed by atoms with Gasteiger partial charge in [0.25, 0.3) is 5.91 Å². The third-order valence-electron chi connectivity index (χ3n) is 4.04. The van der Waals surface area contributed by atoms with E-state index in [1.807, 2.05) is 31.2 Å². The van der Waals surface area contributed by atoms with E-state index in [-0.39, 0.29) is 11.7 Å². The van der Waals surface area contributed by atoms with Crippen molar-refractivity contribution in [3.63, 3.8) is 0 Å². The Labute approximate surface area is 129 Å². The van der Waals surface area contributed by atoms with Crippen LogP contribution in [0.15, 0.2) is 36.5 Å². The summed E-state index contributed by atoms with van der Waals surface area (Å²) >= 11 is 0. The Hall–Kier alpha value is -2.49. The number of benzene rings is 1. The van der Waals surface area contributed by atoms with Crippen LogP contribution in [-0.2, 0) is 13.0 Å². The number of aromatic nitrogens is 1. The van der Waals surface area contributed by atoms with Gasteiger partial charge < -0.3 is 4.90 Å². The normalized spacial score (nSPS) is 13.1. The maximum Gasteiger partial charge on any atom is 0.254 e. The van der Waals surface area contributed by atoms with Crippen molar-refractivity contribution < 1.29 is 9.59 Å². The Bertz CT molecular complexity index is 753. The smallest absolute Gasteiger partial charge is 0.254 e. The highest BCUT2D eigenvalue weighted by atomic mass is 16.2. The lowest BCUT2D eigenvalue weighted by atomic mass is 10.0. The van der Waals surface area contributed by atoms with Crippen molar-refractivity contribution >= 4 is 11.7 Å². The van der Waals surface area contributed by atoms with Crippen LogP contribution in [0.4, 0.5) is 0 Å². The molecule has 0 aliphatic heterocycles. The molecule has 0 unspecified atom stereocenters. The van der Waals surface area contributed by atoms with Crippen LogP contribution in [0.2, 0.25) is 0 Å². The zero-order valence-electron chi connectivity index (χ0n) is 12.8. The second-order valence-electron chi connectivity index (χ2n) is 5.72. The van der Waals surface area contributed by atoms with Crippen LogP contribution in [0.1, 0.15) is 44.0 Å². The van der Waals surface area contributed by atoms with Crippen molar-refractivity contribution in [3.8, 4) is 0 Å². The van der Waals surface area contributed by atoms with Crippen molar-refractivity contribution in [2.24, 2.45) is 0 Å². The van der Waals surface area contributed by atoms with Gasteiger partial charge in [-0.05, 0) is 42.7 Å². The number of hydrogen-bond donors (Lipinski definition) is 0. The summed E-state index contributed by atoms with van der Waals surface area (Å²) in [4.78, 5) is 30.4. The predicted molar refractivity (Wildman–Crippen MR) is 83.9 cm³/mol. The van der Waals surface area contributed by atoms with Gasteiger partial charge in [-0.3, -0.25) is 14.6 Å². The first kappa shape index (κ1) is 14.4. The Morgan fingerprint density at radius 2 is 2.09 bits per heavy atom. The van der Waals surface area contributed by atoms with Crippen LogP contribution < -0.4 is 0 Å². The van der Waals surface area contributed by atoms with E-state index < -0.39 is 0 Å². The third kappa shape index (κ3) is 2.64. The summed E-state index contributed by atoms with van der Waals surface area (Å²) in [6.45, 7) is 2.46. The molecule has 0 atom stereocenters. The maximum absolute atomic E-state index is 12.7. The fourth-order valence-corrected chi connectivity index (χ4v) is 2.94. The van der Waals surface area contributed by atoms with E-state index >= 15 is 0 Å². The van der Waals surface area contributed by atoms with Gasteiger partial charge in [0.15, 0.2) is 5.78 Å². The summed E-state index contributed by atoms with van der Waals surface area (Å²) in [5.41, 5.74) is 4.24. The number of rotatable bonds is 3. The summed E-state index contributed by atoms with van der Waals surface area (Å²) in [6.07, 6.45) is 2.92. The van der Waals surface area contributed by atoms with E-state index in [4.69, 9.17) is 0 Å². The Balaban J connectivity index is 1.84. The van der Waals surface area contributed by atoms with Crippen molar-refractivity contribution in [1.82, 2.24) is 9.88 Å². The van der Waals surface area contributed by atoms with Crippen LogP contribution in [-0.4, -0.2) is 28.6 Å². The van der Waals surface area contributed by atoms with E-state index in [0.29, 0.717) is 30.5 Å². The Morgan fingerprint density at radius 3 is 2.86 bits per heavy atom. The van der Waals surface area contributed by atoms with Crippen LogP contribution in [0, 0.1) is 6.92 Å². The zero-order valence-corrected chi connectivity index (χ0v) is 12.8. The molecule has 0 saturated carbocycles. The molecule has 4 heteroatoms. The molecule has 0 N–H and O–H groups in total. The van der Waals surface area contributed by atoms with Crippen molar-refractivity contribution in [2.75, 3.05) is 7.05 Å². The number of amides is 1. The quantitative estimate of drug-likeness (QED) is 0.874. The molecule has 1 amide bonds. The minimum atomic E-state index is -0.0407. The summed E-state index contributed by atoms with van der Waals surface area (Å²) in [7, 11) is 1.79. The summed E-state index contributed by atoms with van der Waals surface area (Å²) in [6, 6.07) is 9.31. The van der Waals surface area contributed by atoms with Crippen molar-refractivity contribution in [2.45, 2.75) is 26.3 Å². The van der Waals surface area contributed by atoms with Gasteiger partial charge in [0.05, 0.1) is 0 Å².